The van der Waals surface area contributed by atoms with E-state index in [2.05, 4.69) is 10.7 Å². The quantitative estimate of drug-likeness (QED) is 0.819. The first-order valence-electron chi connectivity index (χ1n) is 7.57. The van der Waals surface area contributed by atoms with Crippen molar-refractivity contribution in [3.8, 4) is 0 Å². The van der Waals surface area contributed by atoms with Crippen molar-refractivity contribution in [3.63, 3.8) is 0 Å². The molecule has 0 bridgehead atoms. The smallest absolute Gasteiger partial charge is 0.322 e. The van der Waals surface area contributed by atoms with Gasteiger partial charge in [0.05, 0.1) is 0 Å². The van der Waals surface area contributed by atoms with Crippen molar-refractivity contribution in [2.45, 2.75) is 44.6 Å². The van der Waals surface area contributed by atoms with E-state index in [1.54, 1.807) is 12.1 Å². The van der Waals surface area contributed by atoms with Crippen LogP contribution in [0.3, 0.4) is 0 Å². The molecule has 0 atom stereocenters. The summed E-state index contributed by atoms with van der Waals surface area (Å²) in [6, 6.07) is 6.50. The molecule has 1 saturated heterocycles. The number of aryl methyl sites for hydroxylation is 1. The molecule has 0 aromatic heterocycles. The van der Waals surface area contributed by atoms with Crippen LogP contribution in [0.15, 0.2) is 24.3 Å². The topological polar surface area (TPSA) is 78.5 Å². The summed E-state index contributed by atoms with van der Waals surface area (Å²) in [5.74, 6) is -0.798. The van der Waals surface area contributed by atoms with E-state index in [0.29, 0.717) is 18.4 Å². The van der Waals surface area contributed by atoms with Crippen molar-refractivity contribution >= 4 is 17.8 Å². The number of nitrogens with zero attached hydrogens (tertiary/aromatic N) is 1. The van der Waals surface area contributed by atoms with Crippen LogP contribution < -0.4 is 10.7 Å². The van der Waals surface area contributed by atoms with E-state index in [9.17, 15) is 14.4 Å². The number of hydrogen-bond acceptors (Lipinski definition) is 3. The van der Waals surface area contributed by atoms with Gasteiger partial charge in [-0.2, -0.15) is 5.01 Å². The summed E-state index contributed by atoms with van der Waals surface area (Å²) < 4.78 is 0. The van der Waals surface area contributed by atoms with Crippen LogP contribution >= 0.6 is 0 Å². The molecule has 0 unspecified atom stereocenters. The third kappa shape index (κ3) is 2.34. The summed E-state index contributed by atoms with van der Waals surface area (Å²) in [6.45, 7) is 1.81. The molecular weight excluding hydrogens is 282 g/mol. The van der Waals surface area contributed by atoms with E-state index >= 15 is 0 Å². The van der Waals surface area contributed by atoms with Gasteiger partial charge < -0.3 is 5.32 Å². The second kappa shape index (κ2) is 5.44. The van der Waals surface area contributed by atoms with E-state index in [1.807, 2.05) is 19.1 Å². The zero-order chi connectivity index (χ0) is 15.7. The van der Waals surface area contributed by atoms with E-state index in [-0.39, 0.29) is 5.91 Å². The Morgan fingerprint density at radius 2 is 1.86 bits per heavy atom. The molecule has 1 spiro atoms. The van der Waals surface area contributed by atoms with E-state index < -0.39 is 17.5 Å². The second-order valence-electron chi connectivity index (χ2n) is 5.97. The van der Waals surface area contributed by atoms with Crippen LogP contribution in [0.1, 0.15) is 48.0 Å². The van der Waals surface area contributed by atoms with E-state index in [4.69, 9.17) is 0 Å². The highest BCUT2D eigenvalue weighted by molar-refractivity contribution is 6.09. The van der Waals surface area contributed by atoms with Crippen LogP contribution in [0.2, 0.25) is 0 Å². The van der Waals surface area contributed by atoms with Crippen LogP contribution in [0, 0.1) is 6.92 Å². The summed E-state index contributed by atoms with van der Waals surface area (Å²) in [6.07, 6.45) is 4.15. The fraction of sp³-hybridized carbons (Fsp3) is 0.438. The van der Waals surface area contributed by atoms with Crippen molar-refractivity contribution in [1.29, 1.82) is 0 Å². The number of amides is 4. The van der Waals surface area contributed by atoms with Gasteiger partial charge in [0.1, 0.15) is 5.54 Å². The standard InChI is InChI=1S/C16H19N3O3/c1-11-7-3-4-8-12(11)13(20)18-19-14(21)16(17-15(19)22)9-5-2-6-10-16/h3-4,7-8H,2,5-6,9-10H2,1H3,(H,17,22)(H,18,20). The van der Waals surface area contributed by atoms with Crippen molar-refractivity contribution in [2.75, 3.05) is 0 Å². The molecule has 116 valence electrons. The zero-order valence-electron chi connectivity index (χ0n) is 12.5. The predicted octanol–water partition coefficient (Wildman–Crippen LogP) is 1.89. The highest BCUT2D eigenvalue weighted by atomic mass is 16.2. The molecule has 1 aromatic rings. The number of hydrogen-bond donors (Lipinski definition) is 2. The Hall–Kier alpha value is -2.37. The molecule has 22 heavy (non-hydrogen) atoms. The summed E-state index contributed by atoms with van der Waals surface area (Å²) in [5.41, 5.74) is 2.86. The van der Waals surface area contributed by atoms with Crippen LogP contribution in [0.25, 0.3) is 0 Å². The fourth-order valence-corrected chi connectivity index (χ4v) is 3.21. The zero-order valence-corrected chi connectivity index (χ0v) is 12.5. The highest BCUT2D eigenvalue weighted by Crippen LogP contribution is 2.33. The number of nitrogens with one attached hydrogen (secondary N) is 2. The van der Waals surface area contributed by atoms with Gasteiger partial charge in [0.15, 0.2) is 0 Å². The highest BCUT2D eigenvalue weighted by Gasteiger charge is 2.52. The first kappa shape index (κ1) is 14.6. The largest absolute Gasteiger partial charge is 0.344 e. The molecule has 6 nitrogen and oxygen atoms in total. The number of hydrazine groups is 1. The molecule has 2 aliphatic rings. The lowest BCUT2D eigenvalue weighted by atomic mass is 9.82. The predicted molar refractivity (Wildman–Crippen MR) is 79.8 cm³/mol. The van der Waals surface area contributed by atoms with Crippen molar-refractivity contribution in [2.24, 2.45) is 0 Å². The Kier molecular flexibility index (Phi) is 3.60. The van der Waals surface area contributed by atoms with Crippen LogP contribution in [-0.2, 0) is 4.79 Å². The Bertz CT molecular complexity index is 635. The Balaban J connectivity index is 1.78. The van der Waals surface area contributed by atoms with Gasteiger partial charge in [-0.15, -0.1) is 0 Å². The van der Waals surface area contributed by atoms with Gasteiger partial charge >= 0.3 is 6.03 Å². The SMILES string of the molecule is Cc1ccccc1C(=O)NN1C(=O)NC2(CCCCC2)C1=O. The van der Waals surface area contributed by atoms with E-state index in [0.717, 1.165) is 29.8 Å². The minimum atomic E-state index is -0.825. The van der Waals surface area contributed by atoms with E-state index in [1.165, 1.54) is 0 Å². The maximum Gasteiger partial charge on any atom is 0.344 e. The lowest BCUT2D eigenvalue weighted by Gasteiger charge is -2.30. The lowest BCUT2D eigenvalue weighted by Crippen LogP contribution is -2.51. The fourth-order valence-electron chi connectivity index (χ4n) is 3.21. The van der Waals surface area contributed by atoms with Gasteiger partial charge in [-0.25, -0.2) is 4.79 Å². The molecule has 1 heterocycles. The number of imide groups is 1. The van der Waals surface area contributed by atoms with Crippen molar-refractivity contribution in [3.05, 3.63) is 35.4 Å². The summed E-state index contributed by atoms with van der Waals surface area (Å²) in [4.78, 5) is 37.0. The summed E-state index contributed by atoms with van der Waals surface area (Å²) in [7, 11) is 0. The van der Waals surface area contributed by atoms with Crippen molar-refractivity contribution in [1.82, 2.24) is 15.8 Å². The summed E-state index contributed by atoms with van der Waals surface area (Å²) in [5, 5.41) is 3.60. The van der Waals surface area contributed by atoms with Gasteiger partial charge in [0, 0.05) is 5.56 Å². The third-order valence-corrected chi connectivity index (χ3v) is 4.47. The minimum absolute atomic E-state index is 0.348. The molecule has 6 heteroatoms. The normalized spacial score (nSPS) is 20.1. The molecule has 1 aromatic carbocycles. The maximum absolute atomic E-state index is 12.6. The third-order valence-electron chi connectivity index (χ3n) is 4.47. The van der Waals surface area contributed by atoms with Gasteiger partial charge in [-0.05, 0) is 31.4 Å². The first-order chi connectivity index (χ1) is 10.5. The van der Waals surface area contributed by atoms with Crippen LogP contribution in [0.5, 0.6) is 0 Å². The molecule has 2 fully saturated rings. The Morgan fingerprint density at radius 1 is 1.18 bits per heavy atom. The molecule has 3 rings (SSSR count). The first-order valence-corrected chi connectivity index (χ1v) is 7.57. The average molecular weight is 301 g/mol. The number of carbonyl (C=O) groups is 3. The van der Waals surface area contributed by atoms with Gasteiger partial charge in [-0.3, -0.25) is 15.0 Å². The number of rotatable bonds is 2. The Labute approximate surface area is 128 Å². The number of carbonyl (C=O) groups excluding carboxylic acids is 3. The monoisotopic (exact) mass is 301 g/mol. The van der Waals surface area contributed by atoms with Gasteiger partial charge in [-0.1, -0.05) is 37.5 Å². The van der Waals surface area contributed by atoms with Gasteiger partial charge in [0.25, 0.3) is 11.8 Å². The molecule has 1 aliphatic heterocycles. The molecule has 1 aliphatic carbocycles. The van der Waals surface area contributed by atoms with Gasteiger partial charge in [0.2, 0.25) is 0 Å². The number of benzene rings is 1. The molecular formula is C16H19N3O3. The van der Waals surface area contributed by atoms with Crippen molar-refractivity contribution < 1.29 is 14.4 Å². The summed E-state index contributed by atoms with van der Waals surface area (Å²) >= 11 is 0. The lowest BCUT2D eigenvalue weighted by molar-refractivity contribution is -0.134. The molecule has 2 N–H and O–H groups in total. The maximum atomic E-state index is 12.6. The van der Waals surface area contributed by atoms with Crippen LogP contribution in [0.4, 0.5) is 4.79 Å². The molecule has 4 amide bonds. The minimum Gasteiger partial charge on any atom is -0.322 e. The second-order valence-corrected chi connectivity index (χ2v) is 5.97. The Morgan fingerprint density at radius 3 is 2.55 bits per heavy atom. The number of urea groups is 1. The molecule has 0 radical (unpaired) electrons. The average Bonchev–Trinajstić information content (AvgIpc) is 2.73. The molecule has 1 saturated carbocycles. The van der Waals surface area contributed by atoms with Crippen LogP contribution in [-0.4, -0.2) is 28.4 Å².